The van der Waals surface area contributed by atoms with E-state index in [0.29, 0.717) is 42.1 Å². The van der Waals surface area contributed by atoms with E-state index in [-0.39, 0.29) is 5.56 Å². The van der Waals surface area contributed by atoms with Crippen LogP contribution in [0.5, 0.6) is 5.75 Å². The number of rotatable bonds is 3. The van der Waals surface area contributed by atoms with Gasteiger partial charge in [0.15, 0.2) is 0 Å². The van der Waals surface area contributed by atoms with E-state index in [0.717, 1.165) is 0 Å². The molecule has 0 atom stereocenters. The predicted octanol–water partition coefficient (Wildman–Crippen LogP) is 1.13. The second-order valence-corrected chi connectivity index (χ2v) is 5.80. The summed E-state index contributed by atoms with van der Waals surface area (Å²) in [5.41, 5.74) is 0.450. The lowest BCUT2D eigenvalue weighted by Crippen LogP contribution is -2.45. The quantitative estimate of drug-likeness (QED) is 0.887. The fourth-order valence-corrected chi connectivity index (χ4v) is 2.68. The van der Waals surface area contributed by atoms with Crippen molar-refractivity contribution in [1.82, 2.24) is 14.5 Å². The second-order valence-electron chi connectivity index (χ2n) is 5.80. The highest BCUT2D eigenvalue weighted by molar-refractivity contribution is 5.52. The minimum absolute atomic E-state index is 0.302. The fraction of sp³-hybridized carbons (Fsp3) is 0.375. The van der Waals surface area contributed by atoms with E-state index >= 15 is 0 Å². The van der Waals surface area contributed by atoms with E-state index in [1.165, 1.54) is 4.57 Å². The van der Waals surface area contributed by atoms with Crippen LogP contribution in [0.3, 0.4) is 0 Å². The van der Waals surface area contributed by atoms with Crippen LogP contribution >= 0.6 is 0 Å². The van der Waals surface area contributed by atoms with Crippen molar-refractivity contribution in [1.29, 1.82) is 0 Å². The molecule has 0 unspecified atom stereocenters. The van der Waals surface area contributed by atoms with Gasteiger partial charge in [0.2, 0.25) is 0 Å². The van der Waals surface area contributed by atoms with Gasteiger partial charge in [-0.05, 0) is 38.1 Å². The Labute approximate surface area is 133 Å². The third-order valence-corrected chi connectivity index (χ3v) is 4.08. The zero-order valence-corrected chi connectivity index (χ0v) is 13.4. The van der Waals surface area contributed by atoms with Crippen molar-refractivity contribution >= 4 is 5.82 Å². The molecule has 0 aliphatic carbocycles. The van der Waals surface area contributed by atoms with Crippen LogP contribution in [0.1, 0.15) is 19.4 Å². The first kappa shape index (κ1) is 15.4. The maximum absolute atomic E-state index is 12.3. The highest BCUT2D eigenvalue weighted by Gasteiger charge is 2.24. The number of ether oxygens (including phenoxy) is 1. The predicted molar refractivity (Wildman–Crippen MR) is 88.4 cm³/mol. The van der Waals surface area contributed by atoms with Gasteiger partial charge >= 0.3 is 5.69 Å². The van der Waals surface area contributed by atoms with Crippen LogP contribution in [0.4, 0.5) is 5.82 Å². The molecule has 0 saturated heterocycles. The summed E-state index contributed by atoms with van der Waals surface area (Å²) in [6.45, 7) is 5.23. The highest BCUT2D eigenvalue weighted by Crippen LogP contribution is 2.23. The Bertz CT molecular complexity index is 821. The van der Waals surface area contributed by atoms with Crippen molar-refractivity contribution in [3.63, 3.8) is 0 Å². The number of benzene rings is 1. The molecule has 0 bridgehead atoms. The molecule has 1 aliphatic heterocycles. The van der Waals surface area contributed by atoms with Crippen molar-refractivity contribution in [2.24, 2.45) is 0 Å². The molecule has 0 amide bonds. The Morgan fingerprint density at radius 1 is 1.17 bits per heavy atom. The smallest absolute Gasteiger partial charge is 0.334 e. The maximum atomic E-state index is 12.3. The van der Waals surface area contributed by atoms with Crippen molar-refractivity contribution in [2.75, 3.05) is 19.1 Å². The minimum atomic E-state index is -0.454. The number of nitrogens with zero attached hydrogens (tertiary/aromatic N) is 2. The lowest BCUT2D eigenvalue weighted by molar-refractivity contribution is 0.219. The van der Waals surface area contributed by atoms with Gasteiger partial charge < -0.3 is 10.1 Å². The summed E-state index contributed by atoms with van der Waals surface area (Å²) in [7, 11) is 1.59. The summed E-state index contributed by atoms with van der Waals surface area (Å²) in [5, 5.41) is 3.21. The van der Waals surface area contributed by atoms with Gasteiger partial charge in [-0.15, -0.1) is 0 Å². The van der Waals surface area contributed by atoms with Crippen molar-refractivity contribution < 1.29 is 4.74 Å². The van der Waals surface area contributed by atoms with Crippen LogP contribution in [0.25, 0.3) is 5.69 Å². The van der Waals surface area contributed by atoms with Crippen molar-refractivity contribution in [3.05, 3.63) is 50.7 Å². The summed E-state index contributed by atoms with van der Waals surface area (Å²) in [6, 6.07) is 7.44. The number of hydrogen-bond acceptors (Lipinski definition) is 5. The third kappa shape index (κ3) is 2.75. The van der Waals surface area contributed by atoms with Gasteiger partial charge in [0.25, 0.3) is 5.56 Å². The molecule has 7 nitrogen and oxygen atoms in total. The molecule has 2 aromatic rings. The number of methoxy groups -OCH3 is 1. The number of H-pyrrole nitrogens is 1. The molecule has 0 fully saturated rings. The van der Waals surface area contributed by atoms with E-state index in [9.17, 15) is 9.59 Å². The summed E-state index contributed by atoms with van der Waals surface area (Å²) in [6.07, 6.45) is 0. The normalized spacial score (nSPS) is 14.4. The van der Waals surface area contributed by atoms with Crippen LogP contribution in [0.15, 0.2) is 33.9 Å². The molecule has 0 radical (unpaired) electrons. The summed E-state index contributed by atoms with van der Waals surface area (Å²) in [4.78, 5) is 29.0. The summed E-state index contributed by atoms with van der Waals surface area (Å²) < 4.78 is 6.63. The molecule has 1 aromatic heterocycles. The van der Waals surface area contributed by atoms with Gasteiger partial charge in [-0.3, -0.25) is 14.7 Å². The maximum Gasteiger partial charge on any atom is 0.334 e. The van der Waals surface area contributed by atoms with Crippen molar-refractivity contribution in [3.8, 4) is 11.4 Å². The molecule has 7 heteroatoms. The van der Waals surface area contributed by atoms with E-state index in [1.807, 2.05) is 0 Å². The molecule has 1 aromatic carbocycles. The molecule has 0 saturated carbocycles. The first-order valence-electron chi connectivity index (χ1n) is 7.52. The topological polar surface area (TPSA) is 79.4 Å². The van der Waals surface area contributed by atoms with E-state index in [2.05, 4.69) is 29.0 Å². The summed E-state index contributed by atoms with van der Waals surface area (Å²) >= 11 is 0. The molecule has 23 heavy (non-hydrogen) atoms. The van der Waals surface area contributed by atoms with Crippen LogP contribution in [0.2, 0.25) is 0 Å². The Hall–Kier alpha value is -2.54. The van der Waals surface area contributed by atoms with E-state index < -0.39 is 5.69 Å². The molecule has 0 spiro atoms. The molecular formula is C16H20N4O3. The molecule has 2 heterocycles. The Kier molecular flexibility index (Phi) is 3.96. The highest BCUT2D eigenvalue weighted by atomic mass is 16.5. The van der Waals surface area contributed by atoms with Crippen LogP contribution in [0, 0.1) is 0 Å². The van der Waals surface area contributed by atoms with Crippen LogP contribution in [-0.2, 0) is 6.54 Å². The van der Waals surface area contributed by atoms with Gasteiger partial charge in [-0.25, -0.2) is 9.36 Å². The molecule has 3 rings (SSSR count). The Morgan fingerprint density at radius 2 is 1.87 bits per heavy atom. The molecule has 1 aliphatic rings. The standard InChI is InChI=1S/C16H20N4O3/c1-10(2)19-8-13-14(17-9-19)20(16(22)18-15(13)21)11-4-6-12(23-3)7-5-11/h4-7,10,17H,8-9H2,1-3H3,(H,18,21,22). The number of aromatic amines is 1. The lowest BCUT2D eigenvalue weighted by atomic mass is 10.2. The van der Waals surface area contributed by atoms with E-state index in [4.69, 9.17) is 4.74 Å². The average Bonchev–Trinajstić information content (AvgIpc) is 2.55. The molecular weight excluding hydrogens is 296 g/mol. The number of aromatic nitrogens is 2. The zero-order chi connectivity index (χ0) is 16.6. The van der Waals surface area contributed by atoms with Crippen molar-refractivity contribution in [2.45, 2.75) is 26.4 Å². The van der Waals surface area contributed by atoms with Crippen LogP contribution < -0.4 is 21.3 Å². The third-order valence-electron chi connectivity index (χ3n) is 4.08. The first-order valence-corrected chi connectivity index (χ1v) is 7.52. The molecule has 122 valence electrons. The van der Waals surface area contributed by atoms with Gasteiger partial charge in [-0.2, -0.15) is 0 Å². The van der Waals surface area contributed by atoms with Gasteiger partial charge in [0, 0.05) is 12.6 Å². The number of nitrogens with one attached hydrogen (secondary N) is 2. The fourth-order valence-electron chi connectivity index (χ4n) is 2.68. The Balaban J connectivity index is 2.13. The van der Waals surface area contributed by atoms with Gasteiger partial charge in [0.1, 0.15) is 11.6 Å². The lowest BCUT2D eigenvalue weighted by Gasteiger charge is -2.33. The summed E-state index contributed by atoms with van der Waals surface area (Å²) in [5.74, 6) is 1.26. The number of hydrogen-bond donors (Lipinski definition) is 2. The van der Waals surface area contributed by atoms with Gasteiger partial charge in [0.05, 0.1) is 25.0 Å². The number of anilines is 1. The second kappa shape index (κ2) is 5.92. The number of fused-ring (bicyclic) bond motifs is 1. The Morgan fingerprint density at radius 3 is 2.48 bits per heavy atom. The zero-order valence-electron chi connectivity index (χ0n) is 13.4. The van der Waals surface area contributed by atoms with E-state index in [1.54, 1.807) is 31.4 Å². The minimum Gasteiger partial charge on any atom is -0.497 e. The molecule has 2 N–H and O–H groups in total. The average molecular weight is 316 g/mol. The largest absolute Gasteiger partial charge is 0.497 e. The SMILES string of the molecule is COc1ccc(-n2c3c(c(=O)[nH]c2=O)CN(C(C)C)CN3)cc1. The van der Waals surface area contributed by atoms with Crippen LogP contribution in [-0.4, -0.2) is 34.3 Å². The van der Waals surface area contributed by atoms with Gasteiger partial charge in [-0.1, -0.05) is 0 Å². The first-order chi connectivity index (χ1) is 11.0. The monoisotopic (exact) mass is 316 g/mol.